The number of rotatable bonds is 16. The third-order valence-corrected chi connectivity index (χ3v) is 6.04. The van der Waals surface area contributed by atoms with Crippen LogP contribution in [0.3, 0.4) is 0 Å². The van der Waals surface area contributed by atoms with E-state index in [2.05, 4.69) is 20.7 Å². The Labute approximate surface area is 175 Å². The fourth-order valence-electron chi connectivity index (χ4n) is 2.56. The molecule has 0 aliphatic carbocycles. The SMILES string of the molecule is O=C(O)CCCCCCNS(=O)(=O)CCCCC(O)COc1cccc(Br)c1. The second kappa shape index (κ2) is 13.9. The van der Waals surface area contributed by atoms with Crippen molar-refractivity contribution in [3.05, 3.63) is 28.7 Å². The maximum Gasteiger partial charge on any atom is 0.303 e. The Morgan fingerprint density at radius 1 is 1.14 bits per heavy atom. The van der Waals surface area contributed by atoms with E-state index in [1.165, 1.54) is 0 Å². The van der Waals surface area contributed by atoms with E-state index in [1.807, 2.05) is 24.3 Å². The van der Waals surface area contributed by atoms with Gasteiger partial charge in [-0.05, 0) is 50.3 Å². The summed E-state index contributed by atoms with van der Waals surface area (Å²) in [5.41, 5.74) is 0. The van der Waals surface area contributed by atoms with Gasteiger partial charge in [0.25, 0.3) is 0 Å². The Bertz CT molecular complexity index is 683. The quantitative estimate of drug-likeness (QED) is 0.313. The molecule has 9 heteroatoms. The van der Waals surface area contributed by atoms with Crippen molar-refractivity contribution in [1.82, 2.24) is 4.72 Å². The minimum absolute atomic E-state index is 0.0330. The summed E-state index contributed by atoms with van der Waals surface area (Å²) >= 11 is 3.35. The van der Waals surface area contributed by atoms with E-state index in [0.29, 0.717) is 44.4 Å². The fourth-order valence-corrected chi connectivity index (χ4v) is 4.12. The van der Waals surface area contributed by atoms with Crippen LogP contribution in [0.25, 0.3) is 0 Å². The van der Waals surface area contributed by atoms with Crippen molar-refractivity contribution in [2.45, 2.75) is 57.5 Å². The number of unbranched alkanes of at least 4 members (excludes halogenated alkanes) is 4. The average Bonchev–Trinajstić information content (AvgIpc) is 2.62. The molecule has 7 nitrogen and oxygen atoms in total. The van der Waals surface area contributed by atoms with Gasteiger partial charge < -0.3 is 14.9 Å². The maximum atomic E-state index is 11.9. The number of hydrogen-bond acceptors (Lipinski definition) is 5. The van der Waals surface area contributed by atoms with Gasteiger partial charge in [-0.3, -0.25) is 4.79 Å². The Morgan fingerprint density at radius 3 is 2.61 bits per heavy atom. The number of aliphatic hydroxyl groups excluding tert-OH is 1. The van der Waals surface area contributed by atoms with Gasteiger partial charge >= 0.3 is 5.97 Å². The molecule has 1 aromatic rings. The molecule has 0 aliphatic rings. The molecular formula is C19H30BrNO6S. The molecule has 0 aliphatic heterocycles. The summed E-state index contributed by atoms with van der Waals surface area (Å²) in [6.45, 7) is 0.543. The van der Waals surface area contributed by atoms with E-state index >= 15 is 0 Å². The predicted octanol–water partition coefficient (Wildman–Crippen LogP) is 3.31. The molecule has 0 aromatic heterocycles. The first-order valence-electron chi connectivity index (χ1n) is 9.54. The Balaban J connectivity index is 2.06. The molecule has 0 bridgehead atoms. The highest BCUT2D eigenvalue weighted by Gasteiger charge is 2.11. The van der Waals surface area contributed by atoms with Crippen LogP contribution in [0.15, 0.2) is 28.7 Å². The summed E-state index contributed by atoms with van der Waals surface area (Å²) < 4.78 is 32.8. The molecule has 0 heterocycles. The number of sulfonamides is 1. The molecule has 3 N–H and O–H groups in total. The normalized spacial score (nSPS) is 12.6. The fraction of sp³-hybridized carbons (Fsp3) is 0.632. The molecule has 1 aromatic carbocycles. The topological polar surface area (TPSA) is 113 Å². The van der Waals surface area contributed by atoms with Gasteiger partial charge in [0.15, 0.2) is 0 Å². The van der Waals surface area contributed by atoms with Gasteiger partial charge in [-0.25, -0.2) is 13.1 Å². The van der Waals surface area contributed by atoms with Crippen molar-refractivity contribution in [2.75, 3.05) is 18.9 Å². The summed E-state index contributed by atoms with van der Waals surface area (Å²) in [7, 11) is -3.31. The van der Waals surface area contributed by atoms with Gasteiger partial charge in [-0.15, -0.1) is 0 Å². The van der Waals surface area contributed by atoms with E-state index in [-0.39, 0.29) is 18.8 Å². The Hall–Kier alpha value is -1.16. The zero-order valence-corrected chi connectivity index (χ0v) is 18.4. The standard InChI is InChI=1S/C19H30BrNO6S/c20-16-8-7-10-18(14-16)27-15-17(22)9-4-6-13-28(25,26)21-12-5-2-1-3-11-19(23)24/h7-8,10,14,17,21-22H,1-6,9,11-13,15H2,(H,23,24). The van der Waals surface area contributed by atoms with Gasteiger partial charge in [-0.1, -0.05) is 34.8 Å². The van der Waals surface area contributed by atoms with Crippen LogP contribution in [0.4, 0.5) is 0 Å². The molecule has 160 valence electrons. The molecule has 0 fully saturated rings. The lowest BCUT2D eigenvalue weighted by molar-refractivity contribution is -0.137. The molecule has 0 spiro atoms. The number of carboxylic acids is 1. The lowest BCUT2D eigenvalue weighted by Crippen LogP contribution is -2.27. The van der Waals surface area contributed by atoms with Crippen molar-refractivity contribution in [3.63, 3.8) is 0 Å². The molecule has 1 rings (SSSR count). The molecule has 0 radical (unpaired) electrons. The molecule has 28 heavy (non-hydrogen) atoms. The van der Waals surface area contributed by atoms with Crippen molar-refractivity contribution in [2.24, 2.45) is 0 Å². The highest BCUT2D eigenvalue weighted by atomic mass is 79.9. The number of aliphatic carboxylic acids is 1. The van der Waals surface area contributed by atoms with Crippen LogP contribution in [0.1, 0.15) is 51.4 Å². The minimum atomic E-state index is -3.31. The minimum Gasteiger partial charge on any atom is -0.491 e. The second-order valence-electron chi connectivity index (χ2n) is 6.69. The lowest BCUT2D eigenvalue weighted by atomic mass is 10.1. The van der Waals surface area contributed by atoms with E-state index < -0.39 is 22.1 Å². The number of benzene rings is 1. The van der Waals surface area contributed by atoms with Crippen LogP contribution < -0.4 is 9.46 Å². The molecule has 1 atom stereocenters. The molecule has 0 saturated carbocycles. The van der Waals surface area contributed by atoms with Crippen molar-refractivity contribution >= 4 is 31.9 Å². The number of hydrogen-bond donors (Lipinski definition) is 3. The van der Waals surface area contributed by atoms with Crippen LogP contribution in [-0.4, -0.2) is 49.6 Å². The summed E-state index contributed by atoms with van der Waals surface area (Å²) in [6.07, 6.45) is 3.98. The van der Waals surface area contributed by atoms with Gasteiger partial charge in [0, 0.05) is 17.4 Å². The highest BCUT2D eigenvalue weighted by Crippen LogP contribution is 2.18. The zero-order valence-electron chi connectivity index (χ0n) is 16.0. The van der Waals surface area contributed by atoms with Crippen LogP contribution in [0.2, 0.25) is 0 Å². The van der Waals surface area contributed by atoms with Gasteiger partial charge in [-0.2, -0.15) is 0 Å². The van der Waals surface area contributed by atoms with Crippen molar-refractivity contribution < 1.29 is 28.2 Å². The maximum absolute atomic E-state index is 11.9. The Kier molecular flexibility index (Phi) is 12.4. The zero-order chi connectivity index (χ0) is 20.8. The number of carbonyl (C=O) groups is 1. The molecule has 0 saturated heterocycles. The van der Waals surface area contributed by atoms with Crippen molar-refractivity contribution in [1.29, 1.82) is 0 Å². The predicted molar refractivity (Wildman–Crippen MR) is 112 cm³/mol. The van der Waals surface area contributed by atoms with Crippen molar-refractivity contribution in [3.8, 4) is 5.75 Å². The molecule has 0 amide bonds. The Morgan fingerprint density at radius 2 is 1.89 bits per heavy atom. The first-order valence-corrected chi connectivity index (χ1v) is 12.0. The van der Waals surface area contributed by atoms with Crippen LogP contribution >= 0.6 is 15.9 Å². The summed E-state index contributed by atoms with van der Waals surface area (Å²) in [5.74, 6) is -0.0979. The monoisotopic (exact) mass is 479 g/mol. The molecular weight excluding hydrogens is 450 g/mol. The third-order valence-electron chi connectivity index (χ3n) is 4.08. The number of nitrogens with one attached hydrogen (secondary N) is 1. The number of aliphatic hydroxyl groups is 1. The number of carboxylic acid groups (broad SMARTS) is 1. The van der Waals surface area contributed by atoms with E-state index in [0.717, 1.165) is 17.3 Å². The van der Waals surface area contributed by atoms with Gasteiger partial charge in [0.2, 0.25) is 10.0 Å². The molecule has 1 unspecified atom stereocenters. The smallest absolute Gasteiger partial charge is 0.303 e. The number of ether oxygens (including phenoxy) is 1. The van der Waals surface area contributed by atoms with Gasteiger partial charge in [0.1, 0.15) is 12.4 Å². The first-order chi connectivity index (χ1) is 13.3. The van der Waals surface area contributed by atoms with E-state index in [1.54, 1.807) is 0 Å². The number of halogens is 1. The largest absolute Gasteiger partial charge is 0.491 e. The van der Waals surface area contributed by atoms with Crippen LogP contribution in [0.5, 0.6) is 5.75 Å². The summed E-state index contributed by atoms with van der Waals surface area (Å²) in [5, 5.41) is 18.5. The lowest BCUT2D eigenvalue weighted by Gasteiger charge is -2.12. The van der Waals surface area contributed by atoms with Crippen LogP contribution in [-0.2, 0) is 14.8 Å². The summed E-state index contributed by atoms with van der Waals surface area (Å²) in [4.78, 5) is 10.4. The van der Waals surface area contributed by atoms with Gasteiger partial charge in [0.05, 0.1) is 11.9 Å². The third kappa shape index (κ3) is 13.1. The first kappa shape index (κ1) is 24.9. The van der Waals surface area contributed by atoms with E-state index in [4.69, 9.17) is 9.84 Å². The van der Waals surface area contributed by atoms with E-state index in [9.17, 15) is 18.3 Å². The van der Waals surface area contributed by atoms with Crippen LogP contribution in [0, 0.1) is 0 Å². The summed E-state index contributed by atoms with van der Waals surface area (Å²) in [6, 6.07) is 7.36. The average molecular weight is 480 g/mol. The second-order valence-corrected chi connectivity index (χ2v) is 9.53. The highest BCUT2D eigenvalue weighted by molar-refractivity contribution is 9.10.